The molecular weight excluding hydrogens is 418 g/mol. The second kappa shape index (κ2) is 9.40. The molecule has 0 saturated heterocycles. The van der Waals surface area contributed by atoms with E-state index in [1.54, 1.807) is 22.9 Å². The van der Waals surface area contributed by atoms with Gasteiger partial charge in [-0.25, -0.2) is 13.1 Å². The van der Waals surface area contributed by atoms with E-state index in [0.717, 1.165) is 41.6 Å². The fourth-order valence-electron chi connectivity index (χ4n) is 3.60. The highest BCUT2D eigenvalue weighted by atomic mass is 32.2. The van der Waals surface area contributed by atoms with E-state index in [9.17, 15) is 8.42 Å². The van der Waals surface area contributed by atoms with E-state index >= 15 is 0 Å². The van der Waals surface area contributed by atoms with Crippen LogP contribution in [0.4, 0.5) is 5.82 Å². The molecule has 0 aliphatic heterocycles. The van der Waals surface area contributed by atoms with E-state index in [0.29, 0.717) is 11.5 Å². The molecule has 0 aliphatic rings. The molecule has 0 bridgehead atoms. The maximum Gasteiger partial charge on any atom is 0.263 e. The minimum Gasteiger partial charge on any atom is -0.263 e. The van der Waals surface area contributed by atoms with Crippen molar-refractivity contribution in [2.75, 3.05) is 4.72 Å². The second-order valence-corrected chi connectivity index (χ2v) is 9.51. The van der Waals surface area contributed by atoms with Gasteiger partial charge >= 0.3 is 0 Å². The van der Waals surface area contributed by atoms with Crippen molar-refractivity contribution in [3.63, 3.8) is 0 Å². The fraction of sp³-hybridized carbons (Fsp3) is 0.192. The Labute approximate surface area is 189 Å². The van der Waals surface area contributed by atoms with E-state index in [1.807, 2.05) is 73.7 Å². The van der Waals surface area contributed by atoms with E-state index in [4.69, 9.17) is 5.10 Å². The third-order valence-electron chi connectivity index (χ3n) is 5.41. The maximum atomic E-state index is 13.2. The van der Waals surface area contributed by atoms with Crippen LogP contribution in [0.25, 0.3) is 16.9 Å². The van der Waals surface area contributed by atoms with Crippen molar-refractivity contribution in [3.8, 4) is 16.9 Å². The minimum atomic E-state index is -3.77. The molecule has 0 amide bonds. The molecule has 0 unspecified atom stereocenters. The summed E-state index contributed by atoms with van der Waals surface area (Å²) in [6.45, 7) is 4.12. The lowest BCUT2D eigenvalue weighted by molar-refractivity contribution is 0.600. The molecule has 1 heterocycles. The smallest absolute Gasteiger partial charge is 0.263 e. The van der Waals surface area contributed by atoms with Crippen LogP contribution in [0.2, 0.25) is 0 Å². The highest BCUT2D eigenvalue weighted by molar-refractivity contribution is 7.92. The third kappa shape index (κ3) is 4.75. The summed E-state index contributed by atoms with van der Waals surface area (Å²) in [5.74, 6) is 0.396. The molecule has 0 fully saturated rings. The zero-order valence-corrected chi connectivity index (χ0v) is 19.1. The van der Waals surface area contributed by atoms with Gasteiger partial charge in [0.05, 0.1) is 16.3 Å². The molecule has 1 aromatic heterocycles. The van der Waals surface area contributed by atoms with Crippen LogP contribution in [-0.4, -0.2) is 18.2 Å². The number of benzene rings is 3. The largest absolute Gasteiger partial charge is 0.263 e. The van der Waals surface area contributed by atoms with E-state index in [1.165, 1.54) is 0 Å². The summed E-state index contributed by atoms with van der Waals surface area (Å²) in [6.07, 6.45) is 3.14. The molecule has 164 valence electrons. The highest BCUT2D eigenvalue weighted by Gasteiger charge is 2.20. The summed E-state index contributed by atoms with van der Waals surface area (Å²) in [4.78, 5) is 0.233. The summed E-state index contributed by atoms with van der Waals surface area (Å²) in [6, 6.07) is 26.4. The van der Waals surface area contributed by atoms with Crippen LogP contribution in [-0.2, 0) is 16.4 Å². The molecule has 0 saturated carbocycles. The topological polar surface area (TPSA) is 64.0 Å². The number of hydrogen-bond donors (Lipinski definition) is 1. The van der Waals surface area contributed by atoms with Gasteiger partial charge in [0.25, 0.3) is 10.0 Å². The van der Waals surface area contributed by atoms with Crippen LogP contribution >= 0.6 is 0 Å². The molecule has 32 heavy (non-hydrogen) atoms. The number of unbranched alkanes of at least 4 members (excludes halogenated alkanes) is 1. The summed E-state index contributed by atoms with van der Waals surface area (Å²) >= 11 is 0. The molecule has 0 radical (unpaired) electrons. The van der Waals surface area contributed by atoms with Crippen LogP contribution in [0.1, 0.15) is 30.9 Å². The molecule has 0 spiro atoms. The van der Waals surface area contributed by atoms with Crippen molar-refractivity contribution in [2.45, 2.75) is 38.0 Å². The normalized spacial score (nSPS) is 11.4. The average Bonchev–Trinajstić information content (AvgIpc) is 3.21. The van der Waals surface area contributed by atoms with Gasteiger partial charge in [0.15, 0.2) is 0 Å². The van der Waals surface area contributed by atoms with Crippen molar-refractivity contribution >= 4 is 15.8 Å². The zero-order chi connectivity index (χ0) is 22.6. The van der Waals surface area contributed by atoms with Crippen molar-refractivity contribution in [1.82, 2.24) is 9.78 Å². The Hall–Kier alpha value is -3.38. The first kappa shape index (κ1) is 21.8. The summed E-state index contributed by atoms with van der Waals surface area (Å²) in [7, 11) is -3.77. The Kier molecular flexibility index (Phi) is 6.42. The number of hydrogen-bond acceptors (Lipinski definition) is 3. The first-order valence-corrected chi connectivity index (χ1v) is 12.3. The molecule has 4 rings (SSSR count). The number of rotatable bonds is 8. The summed E-state index contributed by atoms with van der Waals surface area (Å²) < 4.78 is 30.8. The number of nitrogens with zero attached hydrogens (tertiary/aromatic N) is 2. The van der Waals surface area contributed by atoms with E-state index in [-0.39, 0.29) is 4.90 Å². The van der Waals surface area contributed by atoms with Crippen LogP contribution in [0.5, 0.6) is 0 Å². The van der Waals surface area contributed by atoms with Crippen LogP contribution < -0.4 is 4.72 Å². The monoisotopic (exact) mass is 445 g/mol. The first-order valence-electron chi connectivity index (χ1n) is 10.8. The maximum absolute atomic E-state index is 13.2. The SMILES string of the molecule is CCCCc1ccc(S(=O)(=O)Nc2cc(-c3ccccc3)nn2-c2ccccc2C)cc1. The van der Waals surface area contributed by atoms with Crippen molar-refractivity contribution in [2.24, 2.45) is 0 Å². The summed E-state index contributed by atoms with van der Waals surface area (Å²) in [5.41, 5.74) is 4.57. The number of nitrogens with one attached hydrogen (secondary N) is 1. The van der Waals surface area contributed by atoms with Gasteiger partial charge in [0.1, 0.15) is 5.82 Å². The quantitative estimate of drug-likeness (QED) is 0.362. The molecular formula is C26H27N3O2S. The van der Waals surface area contributed by atoms with Crippen LogP contribution in [0, 0.1) is 6.92 Å². The van der Waals surface area contributed by atoms with Crippen molar-refractivity contribution in [1.29, 1.82) is 0 Å². The van der Waals surface area contributed by atoms with Gasteiger partial charge in [0, 0.05) is 11.6 Å². The van der Waals surface area contributed by atoms with Crippen molar-refractivity contribution in [3.05, 3.63) is 96.1 Å². The highest BCUT2D eigenvalue weighted by Crippen LogP contribution is 2.28. The number of anilines is 1. The molecule has 4 aromatic rings. The second-order valence-electron chi connectivity index (χ2n) is 7.83. The average molecular weight is 446 g/mol. The first-order chi connectivity index (χ1) is 15.5. The van der Waals surface area contributed by atoms with Gasteiger partial charge in [-0.2, -0.15) is 5.10 Å². The lowest BCUT2D eigenvalue weighted by Gasteiger charge is -2.12. The standard InChI is InChI=1S/C26H27N3O2S/c1-3-4-11-21-15-17-23(18-16-21)32(30,31)28-26-19-24(22-12-6-5-7-13-22)27-29(26)25-14-9-8-10-20(25)2/h5-10,12-19,28H,3-4,11H2,1-2H3. The number of sulfonamides is 1. The Bertz CT molecular complexity index is 1290. The molecule has 0 aliphatic carbocycles. The zero-order valence-electron chi connectivity index (χ0n) is 18.3. The van der Waals surface area contributed by atoms with E-state index < -0.39 is 10.0 Å². The molecule has 0 atom stereocenters. The van der Waals surface area contributed by atoms with Crippen LogP contribution in [0.3, 0.4) is 0 Å². The van der Waals surface area contributed by atoms with Crippen molar-refractivity contribution < 1.29 is 8.42 Å². The number of aromatic nitrogens is 2. The Balaban J connectivity index is 1.72. The van der Waals surface area contributed by atoms with E-state index in [2.05, 4.69) is 11.6 Å². The van der Waals surface area contributed by atoms with Gasteiger partial charge in [-0.1, -0.05) is 74.0 Å². The van der Waals surface area contributed by atoms with Crippen LogP contribution in [0.15, 0.2) is 89.8 Å². The lowest BCUT2D eigenvalue weighted by Crippen LogP contribution is -2.16. The Morgan fingerprint density at radius 2 is 1.59 bits per heavy atom. The Morgan fingerprint density at radius 1 is 0.906 bits per heavy atom. The molecule has 6 heteroatoms. The summed E-state index contributed by atoms with van der Waals surface area (Å²) in [5, 5.41) is 4.73. The van der Waals surface area contributed by atoms with Gasteiger partial charge in [0.2, 0.25) is 0 Å². The predicted molar refractivity (Wildman–Crippen MR) is 130 cm³/mol. The van der Waals surface area contributed by atoms with Gasteiger partial charge in [-0.15, -0.1) is 0 Å². The lowest BCUT2D eigenvalue weighted by atomic mass is 10.1. The number of aryl methyl sites for hydroxylation is 2. The van der Waals surface area contributed by atoms with Gasteiger partial charge in [-0.3, -0.25) is 4.72 Å². The van der Waals surface area contributed by atoms with Gasteiger partial charge < -0.3 is 0 Å². The minimum absolute atomic E-state index is 0.233. The number of para-hydroxylation sites is 1. The third-order valence-corrected chi connectivity index (χ3v) is 6.78. The predicted octanol–water partition coefficient (Wildman–Crippen LogP) is 5.99. The molecule has 1 N–H and O–H groups in total. The Morgan fingerprint density at radius 3 is 2.28 bits per heavy atom. The fourth-order valence-corrected chi connectivity index (χ4v) is 4.63. The molecule has 3 aromatic carbocycles. The molecule has 5 nitrogen and oxygen atoms in total. The van der Waals surface area contributed by atoms with Gasteiger partial charge in [-0.05, 0) is 49.1 Å².